The third-order valence-electron chi connectivity index (χ3n) is 2.74. The van der Waals surface area contributed by atoms with Crippen LogP contribution in [0.25, 0.3) is 11.5 Å². The van der Waals surface area contributed by atoms with Gasteiger partial charge in [-0.05, 0) is 18.2 Å². The Morgan fingerprint density at radius 2 is 2.05 bits per heavy atom. The maximum absolute atomic E-state index is 11.4. The SMILES string of the molecule is C[C@H](CO)c1ccc(C(N)=O)c(-c2ncccn2)n1. The Morgan fingerprint density at radius 3 is 2.63 bits per heavy atom. The molecular formula is C13H14N4O2. The van der Waals surface area contributed by atoms with Crippen molar-refractivity contribution in [2.75, 3.05) is 6.61 Å². The highest BCUT2D eigenvalue weighted by Crippen LogP contribution is 2.21. The van der Waals surface area contributed by atoms with Crippen molar-refractivity contribution < 1.29 is 9.90 Å². The standard InChI is InChI=1S/C13H14N4O2/c1-8(7-18)10-4-3-9(12(14)19)11(17-10)13-15-5-2-6-16-13/h2-6,8,18H,7H2,1H3,(H2,14,19)/t8-/m1/s1. The molecule has 0 fully saturated rings. The number of nitrogens with two attached hydrogens (primary N) is 1. The molecule has 0 aromatic carbocycles. The molecule has 2 heterocycles. The Kier molecular flexibility index (Phi) is 3.82. The summed E-state index contributed by atoms with van der Waals surface area (Å²) in [6, 6.07) is 4.93. The van der Waals surface area contributed by atoms with Crippen LogP contribution < -0.4 is 5.73 Å². The number of nitrogens with zero attached hydrogens (tertiary/aromatic N) is 3. The molecule has 0 radical (unpaired) electrons. The molecule has 98 valence electrons. The van der Waals surface area contributed by atoms with Crippen LogP contribution in [-0.2, 0) is 0 Å². The van der Waals surface area contributed by atoms with Crippen molar-refractivity contribution in [3.63, 3.8) is 0 Å². The van der Waals surface area contributed by atoms with Gasteiger partial charge in [-0.1, -0.05) is 6.92 Å². The van der Waals surface area contributed by atoms with Gasteiger partial charge in [-0.3, -0.25) is 4.79 Å². The number of hydrogen-bond acceptors (Lipinski definition) is 5. The van der Waals surface area contributed by atoms with Crippen molar-refractivity contribution in [1.82, 2.24) is 15.0 Å². The van der Waals surface area contributed by atoms with Crippen LogP contribution >= 0.6 is 0 Å². The number of hydrogen-bond donors (Lipinski definition) is 2. The van der Waals surface area contributed by atoms with Crippen molar-refractivity contribution in [2.24, 2.45) is 5.73 Å². The third-order valence-corrected chi connectivity index (χ3v) is 2.74. The number of aliphatic hydroxyl groups is 1. The highest BCUT2D eigenvalue weighted by molar-refractivity contribution is 5.98. The van der Waals surface area contributed by atoms with Gasteiger partial charge < -0.3 is 10.8 Å². The van der Waals surface area contributed by atoms with Gasteiger partial charge in [0.05, 0.1) is 12.2 Å². The van der Waals surface area contributed by atoms with Crippen molar-refractivity contribution >= 4 is 5.91 Å². The van der Waals surface area contributed by atoms with E-state index in [1.165, 1.54) is 0 Å². The maximum atomic E-state index is 11.4. The predicted molar refractivity (Wildman–Crippen MR) is 69.3 cm³/mol. The number of pyridine rings is 1. The van der Waals surface area contributed by atoms with Crippen LogP contribution in [0.4, 0.5) is 0 Å². The van der Waals surface area contributed by atoms with E-state index in [9.17, 15) is 4.79 Å². The summed E-state index contributed by atoms with van der Waals surface area (Å²) in [5, 5.41) is 9.17. The van der Waals surface area contributed by atoms with Gasteiger partial charge >= 0.3 is 0 Å². The summed E-state index contributed by atoms with van der Waals surface area (Å²) in [6.07, 6.45) is 3.13. The number of aliphatic hydroxyl groups excluding tert-OH is 1. The first-order valence-electron chi connectivity index (χ1n) is 5.82. The summed E-state index contributed by atoms with van der Waals surface area (Å²) < 4.78 is 0. The summed E-state index contributed by atoms with van der Waals surface area (Å²) in [6.45, 7) is 1.81. The average Bonchev–Trinajstić information content (AvgIpc) is 2.46. The van der Waals surface area contributed by atoms with Crippen molar-refractivity contribution in [2.45, 2.75) is 12.8 Å². The molecule has 0 unspecified atom stereocenters. The van der Waals surface area contributed by atoms with E-state index in [1.807, 2.05) is 6.92 Å². The van der Waals surface area contributed by atoms with Gasteiger partial charge in [-0.2, -0.15) is 0 Å². The zero-order chi connectivity index (χ0) is 13.8. The van der Waals surface area contributed by atoms with Crippen molar-refractivity contribution in [3.05, 3.63) is 41.9 Å². The van der Waals surface area contributed by atoms with Gasteiger partial charge in [-0.15, -0.1) is 0 Å². The Labute approximate surface area is 110 Å². The zero-order valence-corrected chi connectivity index (χ0v) is 10.4. The van der Waals surface area contributed by atoms with Crippen LogP contribution in [0.3, 0.4) is 0 Å². The van der Waals surface area contributed by atoms with E-state index in [2.05, 4.69) is 15.0 Å². The lowest BCUT2D eigenvalue weighted by Crippen LogP contribution is -2.15. The molecule has 0 aliphatic heterocycles. The van der Waals surface area contributed by atoms with Gasteiger partial charge in [0.2, 0.25) is 0 Å². The molecule has 0 aliphatic carbocycles. The Morgan fingerprint density at radius 1 is 1.37 bits per heavy atom. The highest BCUT2D eigenvalue weighted by atomic mass is 16.3. The van der Waals surface area contributed by atoms with Gasteiger partial charge in [0, 0.05) is 24.0 Å². The Bertz CT molecular complexity index is 586. The van der Waals surface area contributed by atoms with Crippen LogP contribution in [0.5, 0.6) is 0 Å². The molecule has 19 heavy (non-hydrogen) atoms. The number of rotatable bonds is 4. The first-order chi connectivity index (χ1) is 9.13. The first-order valence-corrected chi connectivity index (χ1v) is 5.82. The summed E-state index contributed by atoms with van der Waals surface area (Å²) in [5.41, 5.74) is 6.59. The fourth-order valence-corrected chi connectivity index (χ4v) is 1.63. The Balaban J connectivity index is 2.58. The molecule has 1 atom stereocenters. The van der Waals surface area contributed by atoms with Gasteiger partial charge in [0.15, 0.2) is 5.82 Å². The van der Waals surface area contributed by atoms with E-state index in [0.717, 1.165) is 0 Å². The highest BCUT2D eigenvalue weighted by Gasteiger charge is 2.16. The summed E-state index contributed by atoms with van der Waals surface area (Å²) >= 11 is 0. The predicted octanol–water partition coefficient (Wildman–Crippen LogP) is 0.733. The second-order valence-corrected chi connectivity index (χ2v) is 4.15. The number of primary amides is 1. The molecule has 0 saturated carbocycles. The van der Waals surface area contributed by atoms with Crippen LogP contribution in [0.15, 0.2) is 30.6 Å². The number of amides is 1. The van der Waals surface area contributed by atoms with Crippen molar-refractivity contribution in [3.8, 4) is 11.5 Å². The molecule has 6 heteroatoms. The van der Waals surface area contributed by atoms with Gasteiger partial charge in [0.1, 0.15) is 5.69 Å². The molecule has 2 aromatic heterocycles. The van der Waals surface area contributed by atoms with Crippen molar-refractivity contribution in [1.29, 1.82) is 0 Å². The van der Waals surface area contributed by atoms with Crippen LogP contribution in [-0.4, -0.2) is 32.6 Å². The molecule has 6 nitrogen and oxygen atoms in total. The first kappa shape index (κ1) is 13.1. The minimum Gasteiger partial charge on any atom is -0.396 e. The van der Waals surface area contributed by atoms with E-state index in [4.69, 9.17) is 10.8 Å². The molecule has 2 aromatic rings. The van der Waals surface area contributed by atoms with Crippen LogP contribution in [0, 0.1) is 0 Å². The average molecular weight is 258 g/mol. The smallest absolute Gasteiger partial charge is 0.251 e. The van der Waals surface area contributed by atoms with Gasteiger partial charge in [-0.25, -0.2) is 15.0 Å². The van der Waals surface area contributed by atoms with E-state index in [1.54, 1.807) is 30.6 Å². The quantitative estimate of drug-likeness (QED) is 0.841. The summed E-state index contributed by atoms with van der Waals surface area (Å²) in [5.74, 6) is -0.383. The monoisotopic (exact) mass is 258 g/mol. The molecule has 0 bridgehead atoms. The van der Waals surface area contributed by atoms with Crippen LogP contribution in [0.2, 0.25) is 0 Å². The lowest BCUT2D eigenvalue weighted by Gasteiger charge is -2.11. The van der Waals surface area contributed by atoms with Gasteiger partial charge in [0.25, 0.3) is 5.91 Å². The summed E-state index contributed by atoms with van der Waals surface area (Å²) in [7, 11) is 0. The Hall–Kier alpha value is -2.34. The fourth-order valence-electron chi connectivity index (χ4n) is 1.63. The number of carbonyl (C=O) groups excluding carboxylic acids is 1. The van der Waals surface area contributed by atoms with E-state index in [-0.39, 0.29) is 18.1 Å². The fraction of sp³-hybridized carbons (Fsp3) is 0.231. The molecule has 2 rings (SSSR count). The van der Waals surface area contributed by atoms with E-state index < -0.39 is 5.91 Å². The molecule has 0 aliphatic rings. The summed E-state index contributed by atoms with van der Waals surface area (Å²) in [4.78, 5) is 23.9. The largest absolute Gasteiger partial charge is 0.396 e. The molecule has 0 spiro atoms. The molecule has 0 saturated heterocycles. The lowest BCUT2D eigenvalue weighted by atomic mass is 10.1. The topological polar surface area (TPSA) is 102 Å². The minimum absolute atomic E-state index is 0.0298. The molecular weight excluding hydrogens is 244 g/mol. The second-order valence-electron chi connectivity index (χ2n) is 4.15. The zero-order valence-electron chi connectivity index (χ0n) is 10.4. The van der Waals surface area contributed by atoms with Crippen LogP contribution in [0.1, 0.15) is 28.9 Å². The third kappa shape index (κ3) is 2.74. The molecule has 1 amide bonds. The minimum atomic E-state index is -0.585. The second kappa shape index (κ2) is 5.53. The maximum Gasteiger partial charge on any atom is 0.251 e. The number of carbonyl (C=O) groups is 1. The van der Waals surface area contributed by atoms with E-state index in [0.29, 0.717) is 17.2 Å². The molecule has 3 N–H and O–H groups in total. The number of aromatic nitrogens is 3. The normalized spacial score (nSPS) is 12.1. The lowest BCUT2D eigenvalue weighted by molar-refractivity contribution is 0.100. The van der Waals surface area contributed by atoms with E-state index >= 15 is 0 Å².